The van der Waals surface area contributed by atoms with Crippen molar-refractivity contribution in [1.82, 2.24) is 0 Å². The minimum Gasteiger partial charge on any atom is -0.481 e. The number of carboxylic acid groups (broad SMARTS) is 1. The molecule has 0 aromatic heterocycles. The van der Waals surface area contributed by atoms with Gasteiger partial charge in [-0.2, -0.15) is 5.26 Å². The minimum absolute atomic E-state index is 0.0696. The van der Waals surface area contributed by atoms with Crippen molar-refractivity contribution in [1.29, 1.82) is 5.26 Å². The normalized spacial score (nSPS) is 14.3. The molecule has 0 heterocycles. The Morgan fingerprint density at radius 1 is 1.08 bits per heavy atom. The Morgan fingerprint density at radius 2 is 1.76 bits per heavy atom. The Bertz CT molecular complexity index is 740. The van der Waals surface area contributed by atoms with E-state index in [0.717, 1.165) is 11.1 Å². The van der Waals surface area contributed by atoms with E-state index in [1.165, 1.54) is 0 Å². The SMILES string of the molecule is N#Cc1cccc(CC(CC(O)C(N)Cc2ccccc2)C(=O)O)c1. The molecule has 3 atom stereocenters. The lowest BCUT2D eigenvalue weighted by atomic mass is 9.89. The molecule has 0 aliphatic rings. The fraction of sp³-hybridized carbons (Fsp3) is 0.300. The topological polar surface area (TPSA) is 107 Å². The third-order valence-corrected chi connectivity index (χ3v) is 4.22. The molecule has 5 heteroatoms. The number of aliphatic hydroxyl groups excluding tert-OH is 1. The summed E-state index contributed by atoms with van der Waals surface area (Å²) in [6.07, 6.45) is -0.112. The summed E-state index contributed by atoms with van der Waals surface area (Å²) >= 11 is 0. The number of aliphatic carboxylic acids is 1. The van der Waals surface area contributed by atoms with Crippen LogP contribution in [0.2, 0.25) is 0 Å². The van der Waals surface area contributed by atoms with Crippen LogP contribution in [0.4, 0.5) is 0 Å². The van der Waals surface area contributed by atoms with Crippen molar-refractivity contribution < 1.29 is 15.0 Å². The second-order valence-electron chi connectivity index (χ2n) is 6.21. The van der Waals surface area contributed by atoms with Gasteiger partial charge in [0.25, 0.3) is 0 Å². The molecular weight excluding hydrogens is 316 g/mol. The highest BCUT2D eigenvalue weighted by Gasteiger charge is 2.25. The van der Waals surface area contributed by atoms with Crippen molar-refractivity contribution in [2.75, 3.05) is 0 Å². The van der Waals surface area contributed by atoms with Crippen molar-refractivity contribution in [3.8, 4) is 6.07 Å². The van der Waals surface area contributed by atoms with Crippen molar-refractivity contribution in [2.24, 2.45) is 11.7 Å². The fourth-order valence-electron chi connectivity index (χ4n) is 2.81. The van der Waals surface area contributed by atoms with Crippen molar-refractivity contribution in [2.45, 2.75) is 31.4 Å². The predicted octanol–water partition coefficient (Wildman–Crippen LogP) is 2.12. The highest BCUT2D eigenvalue weighted by molar-refractivity contribution is 5.70. The van der Waals surface area contributed by atoms with E-state index in [9.17, 15) is 15.0 Å². The van der Waals surface area contributed by atoms with Gasteiger partial charge in [-0.05, 0) is 42.5 Å². The van der Waals surface area contributed by atoms with Gasteiger partial charge < -0.3 is 15.9 Å². The molecule has 0 spiro atoms. The Kier molecular flexibility index (Phi) is 6.70. The monoisotopic (exact) mass is 338 g/mol. The van der Waals surface area contributed by atoms with E-state index < -0.39 is 24.0 Å². The number of nitrogens with two attached hydrogens (primary N) is 1. The first-order valence-electron chi connectivity index (χ1n) is 8.19. The van der Waals surface area contributed by atoms with Gasteiger partial charge in [-0.1, -0.05) is 42.5 Å². The fourth-order valence-corrected chi connectivity index (χ4v) is 2.81. The molecule has 0 saturated carbocycles. The number of benzene rings is 2. The largest absolute Gasteiger partial charge is 0.481 e. The van der Waals surface area contributed by atoms with Gasteiger partial charge in [0.2, 0.25) is 0 Å². The summed E-state index contributed by atoms with van der Waals surface area (Å²) in [5, 5.41) is 28.7. The Labute approximate surface area is 147 Å². The molecule has 2 aromatic carbocycles. The van der Waals surface area contributed by atoms with Gasteiger partial charge in [-0.25, -0.2) is 0 Å². The van der Waals surface area contributed by atoms with Crippen LogP contribution in [0.15, 0.2) is 54.6 Å². The zero-order chi connectivity index (χ0) is 18.2. The number of nitrogens with zero attached hydrogens (tertiary/aromatic N) is 1. The van der Waals surface area contributed by atoms with Gasteiger partial charge in [0.15, 0.2) is 0 Å². The van der Waals surface area contributed by atoms with E-state index >= 15 is 0 Å². The average Bonchev–Trinajstić information content (AvgIpc) is 2.62. The second kappa shape index (κ2) is 8.97. The van der Waals surface area contributed by atoms with Gasteiger partial charge in [-0.3, -0.25) is 4.79 Å². The first-order chi connectivity index (χ1) is 12.0. The van der Waals surface area contributed by atoms with Crippen LogP contribution < -0.4 is 5.73 Å². The summed E-state index contributed by atoms with van der Waals surface area (Å²) in [4.78, 5) is 11.6. The maximum absolute atomic E-state index is 11.6. The molecular formula is C20H22N2O3. The molecule has 0 fully saturated rings. The summed E-state index contributed by atoms with van der Waals surface area (Å²) in [7, 11) is 0. The van der Waals surface area contributed by atoms with Crippen LogP contribution in [-0.4, -0.2) is 28.3 Å². The van der Waals surface area contributed by atoms with Gasteiger partial charge in [0, 0.05) is 6.04 Å². The van der Waals surface area contributed by atoms with Gasteiger partial charge in [-0.15, -0.1) is 0 Å². The summed E-state index contributed by atoms with van der Waals surface area (Å²) < 4.78 is 0. The highest BCUT2D eigenvalue weighted by Crippen LogP contribution is 2.18. The molecule has 3 unspecified atom stereocenters. The maximum Gasteiger partial charge on any atom is 0.306 e. The Hall–Kier alpha value is -2.68. The molecule has 0 aliphatic heterocycles. The van der Waals surface area contributed by atoms with Gasteiger partial charge >= 0.3 is 5.97 Å². The number of carboxylic acids is 1. The Balaban J connectivity index is 2.00. The van der Waals surface area contributed by atoms with Crippen LogP contribution in [-0.2, 0) is 17.6 Å². The maximum atomic E-state index is 11.6. The predicted molar refractivity (Wildman–Crippen MR) is 94.7 cm³/mol. The standard InChI is InChI=1S/C20H22N2O3/c21-13-16-8-4-7-15(9-16)10-17(20(24)25)12-19(23)18(22)11-14-5-2-1-3-6-14/h1-9,17-19,23H,10-12,22H2,(H,24,25). The lowest BCUT2D eigenvalue weighted by Crippen LogP contribution is -2.39. The summed E-state index contributed by atoms with van der Waals surface area (Å²) in [6.45, 7) is 0. The van der Waals surface area contributed by atoms with Crippen molar-refractivity contribution in [3.05, 3.63) is 71.3 Å². The third kappa shape index (κ3) is 5.71. The van der Waals surface area contributed by atoms with Crippen LogP contribution in [0.1, 0.15) is 23.1 Å². The number of hydrogen-bond acceptors (Lipinski definition) is 4. The van der Waals surface area contributed by atoms with Gasteiger partial charge in [0.1, 0.15) is 0 Å². The zero-order valence-electron chi connectivity index (χ0n) is 13.9. The number of rotatable bonds is 8. The van der Waals surface area contributed by atoms with Gasteiger partial charge in [0.05, 0.1) is 23.7 Å². The lowest BCUT2D eigenvalue weighted by molar-refractivity contribution is -0.142. The number of hydrogen-bond donors (Lipinski definition) is 3. The molecule has 2 aromatic rings. The summed E-state index contributed by atoms with van der Waals surface area (Å²) in [5.74, 6) is -1.74. The first kappa shape index (κ1) is 18.7. The smallest absolute Gasteiger partial charge is 0.306 e. The molecule has 4 N–H and O–H groups in total. The van der Waals surface area contributed by atoms with Crippen molar-refractivity contribution >= 4 is 5.97 Å². The quantitative estimate of drug-likeness (QED) is 0.683. The van der Waals surface area contributed by atoms with Crippen LogP contribution in [0, 0.1) is 17.2 Å². The van der Waals surface area contributed by atoms with E-state index in [2.05, 4.69) is 0 Å². The average molecular weight is 338 g/mol. The van der Waals surface area contributed by atoms with E-state index in [0.29, 0.717) is 12.0 Å². The minimum atomic E-state index is -0.978. The third-order valence-electron chi connectivity index (χ3n) is 4.22. The van der Waals surface area contributed by atoms with Crippen LogP contribution in [0.3, 0.4) is 0 Å². The van der Waals surface area contributed by atoms with E-state index in [1.807, 2.05) is 36.4 Å². The molecule has 5 nitrogen and oxygen atoms in total. The second-order valence-corrected chi connectivity index (χ2v) is 6.21. The number of nitriles is 1. The molecule has 2 rings (SSSR count). The van der Waals surface area contributed by atoms with Crippen LogP contribution in [0.25, 0.3) is 0 Å². The molecule has 0 saturated heterocycles. The summed E-state index contributed by atoms with van der Waals surface area (Å²) in [6, 6.07) is 17.9. The van der Waals surface area contributed by atoms with E-state index in [-0.39, 0.29) is 12.8 Å². The Morgan fingerprint density at radius 3 is 2.40 bits per heavy atom. The highest BCUT2D eigenvalue weighted by atomic mass is 16.4. The molecule has 0 aliphatic carbocycles. The first-order valence-corrected chi connectivity index (χ1v) is 8.19. The van der Waals surface area contributed by atoms with Crippen LogP contribution >= 0.6 is 0 Å². The van der Waals surface area contributed by atoms with E-state index in [4.69, 9.17) is 11.0 Å². The molecule has 25 heavy (non-hydrogen) atoms. The lowest BCUT2D eigenvalue weighted by Gasteiger charge is -2.22. The number of aliphatic hydroxyl groups is 1. The summed E-state index contributed by atoms with van der Waals surface area (Å²) in [5.41, 5.74) is 8.30. The van der Waals surface area contributed by atoms with Crippen LogP contribution in [0.5, 0.6) is 0 Å². The van der Waals surface area contributed by atoms with Crippen molar-refractivity contribution in [3.63, 3.8) is 0 Å². The van der Waals surface area contributed by atoms with E-state index in [1.54, 1.807) is 24.3 Å². The number of carbonyl (C=O) groups is 1. The molecule has 0 amide bonds. The molecule has 0 bridgehead atoms. The molecule has 130 valence electrons. The zero-order valence-corrected chi connectivity index (χ0v) is 13.9. The molecule has 0 radical (unpaired) electrons.